The maximum atomic E-state index is 5.90. The molecule has 0 saturated heterocycles. The van der Waals surface area contributed by atoms with Gasteiger partial charge in [0.2, 0.25) is 0 Å². The second kappa shape index (κ2) is 3.72. The van der Waals surface area contributed by atoms with E-state index in [1.54, 1.807) is 0 Å². The zero-order valence-electron chi connectivity index (χ0n) is 11.5. The third kappa shape index (κ3) is 1.37. The molecule has 4 rings (SSSR count). The first kappa shape index (κ1) is 11.3. The van der Waals surface area contributed by atoms with Crippen molar-refractivity contribution in [2.24, 2.45) is 7.05 Å². The number of hydrogen-bond acceptors (Lipinski definition) is 3. The summed E-state index contributed by atoms with van der Waals surface area (Å²) >= 11 is 0. The van der Waals surface area contributed by atoms with Crippen molar-refractivity contribution in [2.75, 3.05) is 0 Å². The van der Waals surface area contributed by atoms with Crippen molar-refractivity contribution in [3.63, 3.8) is 0 Å². The molecule has 0 bridgehead atoms. The molecule has 3 aromatic heterocycles. The predicted octanol–water partition coefficient (Wildman–Crippen LogP) is 2.81. The maximum absolute atomic E-state index is 5.90. The molecule has 3 heterocycles. The SMILES string of the molecule is Cc1nc2c(o1)oc1c(-n3ccc[n+]3C)c(C)ccc12. The van der Waals surface area contributed by atoms with Crippen LogP contribution < -0.4 is 4.68 Å². The van der Waals surface area contributed by atoms with Gasteiger partial charge in [0.1, 0.15) is 0 Å². The Balaban J connectivity index is 2.16. The highest BCUT2D eigenvalue weighted by molar-refractivity contribution is 6.04. The number of benzene rings is 1. The Morgan fingerprint density at radius 3 is 2.80 bits per heavy atom. The van der Waals surface area contributed by atoms with Crippen molar-refractivity contribution in [3.8, 4) is 5.69 Å². The minimum absolute atomic E-state index is 0.485. The van der Waals surface area contributed by atoms with Crippen LogP contribution in [0.3, 0.4) is 0 Å². The van der Waals surface area contributed by atoms with E-state index in [4.69, 9.17) is 8.83 Å². The molecule has 4 aromatic rings. The number of aryl methyl sites for hydroxylation is 3. The summed E-state index contributed by atoms with van der Waals surface area (Å²) < 4.78 is 15.5. The molecular formula is C15H14N3O2+. The number of furan rings is 1. The summed E-state index contributed by atoms with van der Waals surface area (Å²) in [5, 5.41) is 0.978. The van der Waals surface area contributed by atoms with Crippen LogP contribution in [0, 0.1) is 13.8 Å². The summed E-state index contributed by atoms with van der Waals surface area (Å²) in [6.45, 7) is 3.89. The highest BCUT2D eigenvalue weighted by Crippen LogP contribution is 2.33. The molecule has 0 unspecified atom stereocenters. The number of aromatic nitrogens is 3. The van der Waals surface area contributed by atoms with Gasteiger partial charge in [0.15, 0.2) is 35.9 Å². The minimum Gasteiger partial charge on any atom is -0.421 e. The van der Waals surface area contributed by atoms with E-state index in [0.717, 1.165) is 27.7 Å². The molecule has 0 N–H and O–H groups in total. The van der Waals surface area contributed by atoms with E-state index in [9.17, 15) is 0 Å². The summed E-state index contributed by atoms with van der Waals surface area (Å²) in [5.74, 6) is 1.11. The quantitative estimate of drug-likeness (QED) is 0.499. The lowest BCUT2D eigenvalue weighted by Crippen LogP contribution is -2.37. The van der Waals surface area contributed by atoms with Gasteiger partial charge in [0.05, 0.1) is 11.6 Å². The lowest BCUT2D eigenvalue weighted by Gasteiger charge is -2.05. The van der Waals surface area contributed by atoms with Gasteiger partial charge in [-0.15, -0.1) is 9.36 Å². The van der Waals surface area contributed by atoms with Crippen LogP contribution in [0.4, 0.5) is 0 Å². The molecule has 100 valence electrons. The second-order valence-electron chi connectivity index (χ2n) is 4.99. The van der Waals surface area contributed by atoms with Crippen LogP contribution in [0.25, 0.3) is 28.0 Å². The Bertz CT molecular complexity index is 943. The standard InChI is InChI=1S/C15H14N3O2/c1-9-5-6-11-12-15(19-10(2)16-12)20-14(11)13(9)18-8-4-7-17(18)3/h4-8H,1-3H3/q+1. The number of oxazole rings is 1. The molecule has 20 heavy (non-hydrogen) atoms. The van der Waals surface area contributed by atoms with Crippen LogP contribution in [0.15, 0.2) is 39.4 Å². The highest BCUT2D eigenvalue weighted by atomic mass is 16.5. The largest absolute Gasteiger partial charge is 0.421 e. The van der Waals surface area contributed by atoms with Gasteiger partial charge in [0, 0.05) is 13.0 Å². The van der Waals surface area contributed by atoms with Crippen LogP contribution in [0.1, 0.15) is 11.5 Å². The van der Waals surface area contributed by atoms with Gasteiger partial charge < -0.3 is 8.83 Å². The van der Waals surface area contributed by atoms with E-state index in [1.807, 2.05) is 47.9 Å². The molecule has 0 radical (unpaired) electrons. The molecule has 0 amide bonds. The molecule has 0 saturated carbocycles. The number of fused-ring (bicyclic) bond motifs is 3. The molecule has 0 aliphatic heterocycles. The predicted molar refractivity (Wildman–Crippen MR) is 73.8 cm³/mol. The Morgan fingerprint density at radius 2 is 2.05 bits per heavy atom. The van der Waals surface area contributed by atoms with Crippen molar-refractivity contribution < 1.29 is 13.5 Å². The van der Waals surface area contributed by atoms with Gasteiger partial charge in [-0.2, -0.15) is 0 Å². The fourth-order valence-electron chi connectivity index (χ4n) is 2.64. The Kier molecular flexibility index (Phi) is 2.10. The summed E-state index contributed by atoms with van der Waals surface area (Å²) in [6.07, 6.45) is 4.00. The number of rotatable bonds is 1. The topological polar surface area (TPSA) is 48.0 Å². The van der Waals surface area contributed by atoms with Crippen LogP contribution >= 0.6 is 0 Å². The Hall–Kier alpha value is -2.56. The van der Waals surface area contributed by atoms with Crippen LogP contribution in [0.5, 0.6) is 0 Å². The summed E-state index contributed by atoms with van der Waals surface area (Å²) in [6, 6.07) is 6.11. The average Bonchev–Trinajstić information content (AvgIpc) is 3.04. The fourth-order valence-corrected chi connectivity index (χ4v) is 2.64. The highest BCUT2D eigenvalue weighted by Gasteiger charge is 2.20. The molecule has 1 aromatic carbocycles. The van der Waals surface area contributed by atoms with Crippen molar-refractivity contribution in [3.05, 3.63) is 42.0 Å². The van der Waals surface area contributed by atoms with Gasteiger partial charge in [-0.05, 0) is 18.6 Å². The minimum atomic E-state index is 0.485. The van der Waals surface area contributed by atoms with Crippen molar-refractivity contribution in [2.45, 2.75) is 13.8 Å². The number of nitrogens with zero attached hydrogens (tertiary/aromatic N) is 3. The molecule has 0 atom stereocenters. The molecule has 0 spiro atoms. The maximum Gasteiger partial charge on any atom is 0.319 e. The van der Waals surface area contributed by atoms with Gasteiger partial charge in [-0.25, -0.2) is 4.98 Å². The summed E-state index contributed by atoms with van der Waals surface area (Å²) in [4.78, 5) is 4.40. The van der Waals surface area contributed by atoms with Gasteiger partial charge in [0.25, 0.3) is 0 Å². The van der Waals surface area contributed by atoms with Crippen LogP contribution in [0.2, 0.25) is 0 Å². The van der Waals surface area contributed by atoms with Crippen molar-refractivity contribution >= 4 is 22.3 Å². The molecule has 0 aliphatic carbocycles. The second-order valence-corrected chi connectivity index (χ2v) is 4.99. The third-order valence-corrected chi connectivity index (χ3v) is 3.58. The van der Waals surface area contributed by atoms with E-state index in [-0.39, 0.29) is 0 Å². The van der Waals surface area contributed by atoms with Gasteiger partial charge >= 0.3 is 5.78 Å². The molecule has 0 aliphatic rings. The smallest absolute Gasteiger partial charge is 0.319 e. The first-order valence-corrected chi connectivity index (χ1v) is 6.48. The monoisotopic (exact) mass is 268 g/mol. The Morgan fingerprint density at radius 1 is 1.20 bits per heavy atom. The zero-order valence-corrected chi connectivity index (χ0v) is 11.5. The normalized spacial score (nSPS) is 11.8. The van der Waals surface area contributed by atoms with E-state index in [0.29, 0.717) is 11.7 Å². The van der Waals surface area contributed by atoms with Crippen molar-refractivity contribution in [1.82, 2.24) is 9.67 Å². The lowest BCUT2D eigenvalue weighted by molar-refractivity contribution is -0.744. The van der Waals surface area contributed by atoms with E-state index < -0.39 is 0 Å². The van der Waals surface area contributed by atoms with Gasteiger partial charge in [-0.1, -0.05) is 6.07 Å². The lowest BCUT2D eigenvalue weighted by atomic mass is 10.1. The summed E-state index contributed by atoms with van der Waals surface area (Å²) in [5.41, 5.74) is 3.74. The first-order chi connectivity index (χ1) is 9.65. The average molecular weight is 268 g/mol. The van der Waals surface area contributed by atoms with E-state index >= 15 is 0 Å². The van der Waals surface area contributed by atoms with Crippen LogP contribution in [-0.4, -0.2) is 9.67 Å². The Labute approximate surface area is 115 Å². The van der Waals surface area contributed by atoms with Crippen molar-refractivity contribution in [1.29, 1.82) is 0 Å². The first-order valence-electron chi connectivity index (χ1n) is 6.48. The zero-order chi connectivity index (χ0) is 13.9. The third-order valence-electron chi connectivity index (χ3n) is 3.58. The molecular weight excluding hydrogens is 254 g/mol. The van der Waals surface area contributed by atoms with Gasteiger partial charge in [-0.3, -0.25) is 0 Å². The number of hydrogen-bond donors (Lipinski definition) is 0. The molecule has 0 fully saturated rings. The van der Waals surface area contributed by atoms with E-state index in [2.05, 4.69) is 18.0 Å². The summed E-state index contributed by atoms with van der Waals surface area (Å²) in [7, 11) is 1.99. The van der Waals surface area contributed by atoms with E-state index in [1.165, 1.54) is 0 Å². The van der Waals surface area contributed by atoms with Crippen LogP contribution in [-0.2, 0) is 7.05 Å². The fraction of sp³-hybridized carbons (Fsp3) is 0.200. The molecule has 5 nitrogen and oxygen atoms in total. The molecule has 5 heteroatoms.